The number of aromatic nitrogens is 1. The fourth-order valence-electron chi connectivity index (χ4n) is 2.52. The molecule has 1 saturated carbocycles. The fraction of sp³-hybridized carbons (Fsp3) is 0.571. The number of aryl methyl sites for hydroxylation is 1. The van der Waals surface area contributed by atoms with Gasteiger partial charge in [0.15, 0.2) is 0 Å². The van der Waals surface area contributed by atoms with Crippen LogP contribution in [0.3, 0.4) is 0 Å². The Hall–Kier alpha value is -1.58. The van der Waals surface area contributed by atoms with Crippen LogP contribution in [-0.4, -0.2) is 16.5 Å². The van der Waals surface area contributed by atoms with Gasteiger partial charge in [-0.2, -0.15) is 0 Å². The second-order valence-corrected chi connectivity index (χ2v) is 5.31. The zero-order valence-corrected chi connectivity index (χ0v) is 11.0. The number of hydrogen-bond acceptors (Lipinski definition) is 2. The molecule has 2 unspecified atom stereocenters. The summed E-state index contributed by atoms with van der Waals surface area (Å²) < 4.78 is 1.46. The molecule has 0 saturated heterocycles. The zero-order valence-electron chi connectivity index (χ0n) is 11.0. The van der Waals surface area contributed by atoms with E-state index in [0.717, 1.165) is 12.8 Å². The molecule has 1 heterocycles. The Morgan fingerprint density at radius 1 is 1.44 bits per heavy atom. The molecule has 2 rings (SSSR count). The van der Waals surface area contributed by atoms with Crippen molar-refractivity contribution in [2.75, 3.05) is 0 Å². The monoisotopic (exact) mass is 248 g/mol. The number of nitrogens with zero attached hydrogens (tertiary/aromatic N) is 1. The molecule has 2 atom stereocenters. The van der Waals surface area contributed by atoms with Crippen LogP contribution in [0.25, 0.3) is 0 Å². The summed E-state index contributed by atoms with van der Waals surface area (Å²) in [6.45, 7) is 2.22. The molecule has 4 heteroatoms. The van der Waals surface area contributed by atoms with Crippen molar-refractivity contribution in [3.05, 3.63) is 34.2 Å². The molecule has 1 amide bonds. The van der Waals surface area contributed by atoms with Crippen molar-refractivity contribution >= 4 is 5.91 Å². The molecule has 1 aromatic heterocycles. The Morgan fingerprint density at radius 3 is 2.89 bits per heavy atom. The summed E-state index contributed by atoms with van der Waals surface area (Å²) in [5.74, 6) is 0.541. The molecule has 18 heavy (non-hydrogen) atoms. The number of rotatable bonds is 2. The van der Waals surface area contributed by atoms with E-state index in [1.807, 2.05) is 0 Å². The molecular weight excluding hydrogens is 228 g/mol. The summed E-state index contributed by atoms with van der Waals surface area (Å²) in [5.41, 5.74) is 0.302. The molecule has 0 aliphatic heterocycles. The largest absolute Gasteiger partial charge is 0.349 e. The lowest BCUT2D eigenvalue weighted by Gasteiger charge is -2.27. The fourth-order valence-corrected chi connectivity index (χ4v) is 2.52. The quantitative estimate of drug-likeness (QED) is 0.866. The molecule has 98 valence electrons. The molecular formula is C14H20N2O2. The van der Waals surface area contributed by atoms with E-state index in [1.165, 1.54) is 23.5 Å². The van der Waals surface area contributed by atoms with Gasteiger partial charge >= 0.3 is 0 Å². The van der Waals surface area contributed by atoms with Gasteiger partial charge < -0.3 is 9.88 Å². The number of pyridine rings is 1. The third-order valence-corrected chi connectivity index (χ3v) is 3.64. The van der Waals surface area contributed by atoms with Gasteiger partial charge in [0, 0.05) is 30.9 Å². The normalized spacial score (nSPS) is 23.7. The molecule has 0 bridgehead atoms. The lowest BCUT2D eigenvalue weighted by molar-refractivity contribution is 0.0921. The van der Waals surface area contributed by atoms with Crippen LogP contribution in [0.4, 0.5) is 0 Å². The van der Waals surface area contributed by atoms with Gasteiger partial charge in [-0.1, -0.05) is 19.8 Å². The van der Waals surface area contributed by atoms with Crippen LogP contribution in [0.2, 0.25) is 0 Å². The summed E-state index contributed by atoms with van der Waals surface area (Å²) in [7, 11) is 1.67. The number of hydrogen-bond donors (Lipinski definition) is 1. The van der Waals surface area contributed by atoms with Gasteiger partial charge in [0.05, 0.1) is 0 Å². The van der Waals surface area contributed by atoms with Crippen LogP contribution < -0.4 is 10.9 Å². The Morgan fingerprint density at radius 2 is 2.22 bits per heavy atom. The molecule has 1 N–H and O–H groups in total. The summed E-state index contributed by atoms with van der Waals surface area (Å²) in [6.07, 6.45) is 6.12. The van der Waals surface area contributed by atoms with E-state index in [-0.39, 0.29) is 17.5 Å². The first-order valence-electron chi connectivity index (χ1n) is 6.54. The van der Waals surface area contributed by atoms with Gasteiger partial charge in [0.2, 0.25) is 0 Å². The topological polar surface area (TPSA) is 51.1 Å². The van der Waals surface area contributed by atoms with Crippen molar-refractivity contribution in [1.82, 2.24) is 9.88 Å². The summed E-state index contributed by atoms with van der Waals surface area (Å²) in [5, 5.41) is 3.03. The average molecular weight is 248 g/mol. The van der Waals surface area contributed by atoms with Gasteiger partial charge in [-0.25, -0.2) is 0 Å². The van der Waals surface area contributed by atoms with Crippen molar-refractivity contribution in [2.24, 2.45) is 13.0 Å². The summed E-state index contributed by atoms with van der Waals surface area (Å²) in [6, 6.07) is 3.33. The second-order valence-electron chi connectivity index (χ2n) is 5.31. The van der Waals surface area contributed by atoms with Gasteiger partial charge in [-0.05, 0) is 24.8 Å². The molecule has 1 aromatic rings. The predicted molar refractivity (Wildman–Crippen MR) is 70.6 cm³/mol. The predicted octanol–water partition coefficient (Wildman–Crippen LogP) is 1.69. The Bertz CT molecular complexity index is 493. The highest BCUT2D eigenvalue weighted by atomic mass is 16.2. The Balaban J connectivity index is 2.03. The van der Waals surface area contributed by atoms with E-state index in [4.69, 9.17) is 0 Å². The molecule has 0 radical (unpaired) electrons. The second kappa shape index (κ2) is 5.38. The van der Waals surface area contributed by atoms with E-state index in [0.29, 0.717) is 11.5 Å². The number of carbonyl (C=O) groups is 1. The molecule has 1 fully saturated rings. The summed E-state index contributed by atoms with van der Waals surface area (Å²) >= 11 is 0. The van der Waals surface area contributed by atoms with Gasteiger partial charge in [-0.15, -0.1) is 0 Å². The lowest BCUT2D eigenvalue weighted by Crippen LogP contribution is -2.38. The van der Waals surface area contributed by atoms with Crippen molar-refractivity contribution in [3.63, 3.8) is 0 Å². The first kappa shape index (κ1) is 12.9. The smallest absolute Gasteiger partial charge is 0.251 e. The van der Waals surface area contributed by atoms with Gasteiger partial charge in [0.1, 0.15) is 0 Å². The maximum absolute atomic E-state index is 12.0. The highest BCUT2D eigenvalue weighted by Gasteiger charge is 2.20. The first-order chi connectivity index (χ1) is 8.56. The molecule has 1 aliphatic rings. The Labute approximate surface area is 107 Å². The van der Waals surface area contributed by atoms with Crippen LogP contribution in [0.1, 0.15) is 43.0 Å². The van der Waals surface area contributed by atoms with Crippen LogP contribution in [0, 0.1) is 5.92 Å². The minimum Gasteiger partial charge on any atom is -0.349 e. The van der Waals surface area contributed by atoms with Crippen LogP contribution in [0.15, 0.2) is 23.1 Å². The average Bonchev–Trinajstić information content (AvgIpc) is 2.32. The number of carbonyl (C=O) groups excluding carboxylic acids is 1. The maximum Gasteiger partial charge on any atom is 0.251 e. The van der Waals surface area contributed by atoms with E-state index >= 15 is 0 Å². The minimum absolute atomic E-state index is 0.133. The third kappa shape index (κ3) is 3.00. The van der Waals surface area contributed by atoms with E-state index in [1.54, 1.807) is 19.3 Å². The van der Waals surface area contributed by atoms with E-state index in [9.17, 15) is 9.59 Å². The highest BCUT2D eigenvalue weighted by Crippen LogP contribution is 2.23. The summed E-state index contributed by atoms with van der Waals surface area (Å²) in [4.78, 5) is 23.5. The standard InChI is InChI=1S/C14H20N2O2/c1-10-4-3-5-12(8-10)15-14(18)11-6-7-16(2)13(17)9-11/h6-7,9-10,12H,3-5,8H2,1-2H3,(H,15,18). The van der Waals surface area contributed by atoms with Crippen molar-refractivity contribution in [2.45, 2.75) is 38.6 Å². The highest BCUT2D eigenvalue weighted by molar-refractivity contribution is 5.94. The van der Waals surface area contributed by atoms with E-state index < -0.39 is 0 Å². The molecule has 0 spiro atoms. The first-order valence-corrected chi connectivity index (χ1v) is 6.54. The van der Waals surface area contributed by atoms with Crippen molar-refractivity contribution in [3.8, 4) is 0 Å². The van der Waals surface area contributed by atoms with E-state index in [2.05, 4.69) is 12.2 Å². The van der Waals surface area contributed by atoms with Crippen molar-refractivity contribution < 1.29 is 4.79 Å². The number of amides is 1. The number of nitrogens with one attached hydrogen (secondary N) is 1. The SMILES string of the molecule is CC1CCCC(NC(=O)c2ccn(C)c(=O)c2)C1. The van der Waals surface area contributed by atoms with Crippen LogP contribution in [-0.2, 0) is 7.05 Å². The minimum atomic E-state index is -0.153. The Kier molecular flexibility index (Phi) is 3.84. The zero-order chi connectivity index (χ0) is 13.1. The van der Waals surface area contributed by atoms with Crippen LogP contribution in [0.5, 0.6) is 0 Å². The van der Waals surface area contributed by atoms with Gasteiger partial charge in [0.25, 0.3) is 11.5 Å². The van der Waals surface area contributed by atoms with Gasteiger partial charge in [-0.3, -0.25) is 9.59 Å². The maximum atomic E-state index is 12.0. The molecule has 1 aliphatic carbocycles. The third-order valence-electron chi connectivity index (χ3n) is 3.64. The molecule has 0 aromatic carbocycles. The van der Waals surface area contributed by atoms with Crippen LogP contribution >= 0.6 is 0 Å². The van der Waals surface area contributed by atoms with Crippen molar-refractivity contribution in [1.29, 1.82) is 0 Å². The molecule has 4 nitrogen and oxygen atoms in total. The lowest BCUT2D eigenvalue weighted by atomic mass is 9.87.